The van der Waals surface area contributed by atoms with E-state index in [-0.39, 0.29) is 22.7 Å². The molecule has 0 aliphatic carbocycles. The van der Waals surface area contributed by atoms with Crippen molar-refractivity contribution in [1.82, 2.24) is 4.72 Å². The van der Waals surface area contributed by atoms with Crippen LogP contribution in [0.25, 0.3) is 0 Å². The van der Waals surface area contributed by atoms with E-state index in [1.54, 1.807) is 0 Å². The lowest BCUT2D eigenvalue weighted by molar-refractivity contribution is 0.560. The summed E-state index contributed by atoms with van der Waals surface area (Å²) in [6.45, 7) is 4.22. The molecule has 0 radical (unpaired) electrons. The number of benzene rings is 1. The molecule has 0 spiro atoms. The first-order chi connectivity index (χ1) is 9.70. The molecule has 0 aliphatic heterocycles. The van der Waals surface area contributed by atoms with Gasteiger partial charge >= 0.3 is 0 Å². The number of aliphatic imine (C=N–C) groups is 2. The van der Waals surface area contributed by atoms with Gasteiger partial charge in [-0.05, 0) is 30.2 Å². The van der Waals surface area contributed by atoms with Gasteiger partial charge in [-0.25, -0.2) is 18.1 Å². The van der Waals surface area contributed by atoms with Gasteiger partial charge in [0.05, 0.1) is 10.6 Å². The third-order valence-electron chi connectivity index (χ3n) is 2.32. The fourth-order valence-electron chi connectivity index (χ4n) is 1.35. The lowest BCUT2D eigenvalue weighted by Gasteiger charge is -2.08. The lowest BCUT2D eigenvalue weighted by Crippen LogP contribution is -2.27. The quantitative estimate of drug-likeness (QED) is 0.440. The Morgan fingerprint density at radius 2 is 1.76 bits per heavy atom. The van der Waals surface area contributed by atoms with Crippen LogP contribution in [0.4, 0.5) is 5.69 Å². The molecule has 0 aliphatic rings. The Morgan fingerprint density at radius 1 is 1.19 bits per heavy atom. The first-order valence-corrected chi connectivity index (χ1v) is 7.72. The summed E-state index contributed by atoms with van der Waals surface area (Å²) in [6, 6.07) is 5.90. The van der Waals surface area contributed by atoms with Crippen LogP contribution in [0.15, 0.2) is 39.1 Å². The third-order valence-corrected chi connectivity index (χ3v) is 3.76. The van der Waals surface area contributed by atoms with Crippen LogP contribution in [-0.2, 0) is 10.0 Å². The molecule has 0 aromatic heterocycles. The van der Waals surface area contributed by atoms with Crippen molar-refractivity contribution in [2.75, 3.05) is 6.54 Å². The van der Waals surface area contributed by atoms with Crippen molar-refractivity contribution in [1.29, 1.82) is 0 Å². The molecule has 8 nitrogen and oxygen atoms in total. The number of sulfonamides is 1. The standard InChI is InChI=1S/C12H20N6O2S/c1-8(2)7-16-21(19,20)10-5-3-9(4-6-10)17-12(15)18-11(13)14/h3-6,8,16H,7H2,1-2H3,(H6,13,14,15,17,18). The van der Waals surface area contributed by atoms with Gasteiger partial charge in [0.25, 0.3) is 0 Å². The molecule has 9 heteroatoms. The van der Waals surface area contributed by atoms with Crippen LogP contribution in [0.1, 0.15) is 13.8 Å². The second kappa shape index (κ2) is 7.04. The van der Waals surface area contributed by atoms with Crippen molar-refractivity contribution in [2.45, 2.75) is 18.7 Å². The Morgan fingerprint density at radius 3 is 2.24 bits per heavy atom. The van der Waals surface area contributed by atoms with Gasteiger partial charge in [-0.1, -0.05) is 13.8 Å². The molecular weight excluding hydrogens is 292 g/mol. The monoisotopic (exact) mass is 312 g/mol. The highest BCUT2D eigenvalue weighted by Gasteiger charge is 2.13. The van der Waals surface area contributed by atoms with Crippen LogP contribution in [0, 0.1) is 5.92 Å². The zero-order valence-electron chi connectivity index (χ0n) is 11.9. The van der Waals surface area contributed by atoms with Gasteiger partial charge in [0, 0.05) is 6.54 Å². The van der Waals surface area contributed by atoms with Gasteiger partial charge in [0.2, 0.25) is 16.0 Å². The molecule has 0 bridgehead atoms. The van der Waals surface area contributed by atoms with Crippen LogP contribution in [0.3, 0.4) is 0 Å². The number of hydrogen-bond acceptors (Lipinski definition) is 3. The van der Waals surface area contributed by atoms with Crippen molar-refractivity contribution in [3.63, 3.8) is 0 Å². The number of nitrogens with one attached hydrogen (secondary N) is 1. The first kappa shape index (κ1) is 16.9. The Hall–Kier alpha value is -2.13. The van der Waals surface area contributed by atoms with Gasteiger partial charge in [-0.2, -0.15) is 4.99 Å². The van der Waals surface area contributed by atoms with Gasteiger partial charge in [-0.15, -0.1) is 0 Å². The summed E-state index contributed by atoms with van der Waals surface area (Å²) in [5.41, 5.74) is 16.3. The van der Waals surface area contributed by atoms with E-state index >= 15 is 0 Å². The Bertz CT molecular complexity index is 630. The van der Waals surface area contributed by atoms with E-state index in [1.165, 1.54) is 24.3 Å². The van der Waals surface area contributed by atoms with E-state index in [0.29, 0.717) is 12.2 Å². The molecule has 0 amide bonds. The summed E-state index contributed by atoms with van der Waals surface area (Å²) in [7, 11) is -3.52. The fourth-order valence-corrected chi connectivity index (χ4v) is 2.56. The van der Waals surface area contributed by atoms with E-state index in [4.69, 9.17) is 17.2 Å². The fraction of sp³-hybridized carbons (Fsp3) is 0.333. The van der Waals surface area contributed by atoms with Gasteiger partial charge < -0.3 is 17.2 Å². The SMILES string of the molecule is CC(C)CNS(=O)(=O)c1ccc(N=C(N)N=C(N)N)cc1. The largest absolute Gasteiger partial charge is 0.370 e. The minimum Gasteiger partial charge on any atom is -0.370 e. The van der Waals surface area contributed by atoms with E-state index in [1.807, 2.05) is 13.8 Å². The van der Waals surface area contributed by atoms with Crippen molar-refractivity contribution in [3.05, 3.63) is 24.3 Å². The number of nitrogens with zero attached hydrogens (tertiary/aromatic N) is 2. The molecule has 1 aromatic carbocycles. The number of guanidine groups is 2. The van der Waals surface area contributed by atoms with Gasteiger partial charge in [-0.3, -0.25) is 0 Å². The molecule has 0 saturated carbocycles. The molecule has 21 heavy (non-hydrogen) atoms. The van der Waals surface area contributed by atoms with E-state index in [0.717, 1.165) is 0 Å². The molecule has 0 unspecified atom stereocenters. The molecular formula is C12H20N6O2S. The highest BCUT2D eigenvalue weighted by atomic mass is 32.2. The summed E-state index contributed by atoms with van der Waals surface area (Å²) < 4.78 is 26.5. The van der Waals surface area contributed by atoms with Crippen molar-refractivity contribution >= 4 is 27.6 Å². The molecule has 1 aromatic rings. The Kier molecular flexibility index (Phi) is 5.68. The van der Waals surface area contributed by atoms with Crippen LogP contribution in [0.2, 0.25) is 0 Å². The maximum absolute atomic E-state index is 12.0. The Labute approximate surface area is 124 Å². The summed E-state index contributed by atoms with van der Waals surface area (Å²) in [5, 5.41) is 0. The topological polar surface area (TPSA) is 149 Å². The smallest absolute Gasteiger partial charge is 0.240 e. The summed E-state index contributed by atoms with van der Waals surface area (Å²) in [5.74, 6) is -0.0834. The second-order valence-electron chi connectivity index (χ2n) is 4.75. The van der Waals surface area contributed by atoms with Crippen molar-refractivity contribution in [2.24, 2.45) is 33.1 Å². The number of nitrogens with two attached hydrogens (primary N) is 3. The van der Waals surface area contributed by atoms with Crippen LogP contribution in [-0.4, -0.2) is 26.9 Å². The van der Waals surface area contributed by atoms with Crippen LogP contribution >= 0.6 is 0 Å². The average molecular weight is 312 g/mol. The van der Waals surface area contributed by atoms with Gasteiger partial charge in [0.15, 0.2) is 5.96 Å². The molecule has 0 saturated heterocycles. The lowest BCUT2D eigenvalue weighted by atomic mass is 10.2. The number of hydrogen-bond donors (Lipinski definition) is 4. The maximum atomic E-state index is 12.0. The highest BCUT2D eigenvalue weighted by molar-refractivity contribution is 7.89. The normalized spacial score (nSPS) is 12.4. The molecule has 0 atom stereocenters. The predicted molar refractivity (Wildman–Crippen MR) is 83.6 cm³/mol. The van der Waals surface area contributed by atoms with Crippen molar-refractivity contribution in [3.8, 4) is 0 Å². The van der Waals surface area contributed by atoms with E-state index in [2.05, 4.69) is 14.7 Å². The highest BCUT2D eigenvalue weighted by Crippen LogP contribution is 2.16. The molecule has 0 heterocycles. The van der Waals surface area contributed by atoms with Crippen molar-refractivity contribution < 1.29 is 8.42 Å². The first-order valence-electron chi connectivity index (χ1n) is 6.24. The third kappa shape index (κ3) is 5.79. The zero-order chi connectivity index (χ0) is 16.0. The van der Waals surface area contributed by atoms with E-state index in [9.17, 15) is 8.42 Å². The van der Waals surface area contributed by atoms with E-state index < -0.39 is 10.0 Å². The average Bonchev–Trinajstić information content (AvgIpc) is 2.36. The zero-order valence-corrected chi connectivity index (χ0v) is 12.8. The Balaban J connectivity index is 2.90. The molecule has 0 fully saturated rings. The van der Waals surface area contributed by atoms with Crippen LogP contribution in [0.5, 0.6) is 0 Å². The number of rotatable bonds is 5. The summed E-state index contributed by atoms with van der Waals surface area (Å²) in [4.78, 5) is 7.65. The molecule has 116 valence electrons. The molecule has 1 rings (SSSR count). The summed E-state index contributed by atoms with van der Waals surface area (Å²) >= 11 is 0. The molecule has 7 N–H and O–H groups in total. The maximum Gasteiger partial charge on any atom is 0.240 e. The van der Waals surface area contributed by atoms with Crippen LogP contribution < -0.4 is 21.9 Å². The van der Waals surface area contributed by atoms with Gasteiger partial charge in [0.1, 0.15) is 0 Å². The second-order valence-corrected chi connectivity index (χ2v) is 6.51. The summed E-state index contributed by atoms with van der Waals surface area (Å²) in [6.07, 6.45) is 0. The predicted octanol–water partition coefficient (Wildman–Crippen LogP) is -0.159. The minimum absolute atomic E-state index is 0.108. The minimum atomic E-state index is -3.52.